The lowest BCUT2D eigenvalue weighted by Crippen LogP contribution is -2.34. The third-order valence-corrected chi connectivity index (χ3v) is 3.48. The molecule has 0 bridgehead atoms. The van der Waals surface area contributed by atoms with Gasteiger partial charge in [-0.3, -0.25) is 4.79 Å². The fraction of sp³-hybridized carbons (Fsp3) is 0.533. The number of benzene rings is 1. The molecule has 1 fully saturated rings. The summed E-state index contributed by atoms with van der Waals surface area (Å²) in [5, 5.41) is 0. The van der Waals surface area contributed by atoms with Crippen molar-refractivity contribution in [2.45, 2.75) is 25.4 Å². The lowest BCUT2D eigenvalue weighted by atomic mass is 10.1. The molecule has 4 heteroatoms. The van der Waals surface area contributed by atoms with Crippen LogP contribution in [0.5, 0.6) is 0 Å². The molecule has 1 atom stereocenters. The molecule has 0 aliphatic carbocycles. The second-order valence-electron chi connectivity index (χ2n) is 5.06. The number of carbonyl (C=O) groups excluding carboxylic acids is 1. The van der Waals surface area contributed by atoms with Crippen molar-refractivity contribution < 1.29 is 9.53 Å². The Morgan fingerprint density at radius 2 is 2.16 bits per heavy atom. The lowest BCUT2D eigenvalue weighted by molar-refractivity contribution is 0.0587. The van der Waals surface area contributed by atoms with Crippen LogP contribution < -0.4 is 5.73 Å². The van der Waals surface area contributed by atoms with Crippen molar-refractivity contribution in [2.24, 2.45) is 5.73 Å². The van der Waals surface area contributed by atoms with Gasteiger partial charge < -0.3 is 15.4 Å². The van der Waals surface area contributed by atoms with Gasteiger partial charge in [0.15, 0.2) is 0 Å². The Balaban J connectivity index is 1.93. The molecule has 19 heavy (non-hydrogen) atoms. The fourth-order valence-corrected chi connectivity index (χ4v) is 2.38. The van der Waals surface area contributed by atoms with Gasteiger partial charge in [-0.2, -0.15) is 0 Å². The first-order valence-corrected chi connectivity index (χ1v) is 6.87. The van der Waals surface area contributed by atoms with E-state index in [1.165, 1.54) is 5.56 Å². The molecule has 1 amide bonds. The molecule has 1 aromatic rings. The molecule has 0 saturated carbocycles. The van der Waals surface area contributed by atoms with Crippen LogP contribution in [0.2, 0.25) is 0 Å². The summed E-state index contributed by atoms with van der Waals surface area (Å²) in [6.45, 7) is 2.12. The fourth-order valence-electron chi connectivity index (χ4n) is 2.38. The zero-order valence-corrected chi connectivity index (χ0v) is 11.5. The van der Waals surface area contributed by atoms with Crippen molar-refractivity contribution in [3.05, 3.63) is 35.4 Å². The number of rotatable bonds is 5. The third-order valence-electron chi connectivity index (χ3n) is 3.48. The van der Waals surface area contributed by atoms with Crippen LogP contribution >= 0.6 is 0 Å². The Kier molecular flexibility index (Phi) is 4.93. The normalized spacial score (nSPS) is 18.5. The maximum absolute atomic E-state index is 12.2. The number of hydrogen-bond donors (Lipinski definition) is 1. The molecule has 0 spiro atoms. The van der Waals surface area contributed by atoms with Crippen LogP contribution in [-0.4, -0.2) is 43.7 Å². The summed E-state index contributed by atoms with van der Waals surface area (Å²) in [5.41, 5.74) is 7.40. The summed E-state index contributed by atoms with van der Waals surface area (Å²) in [4.78, 5) is 14.0. The number of nitrogens with zero attached hydrogens (tertiary/aromatic N) is 1. The Morgan fingerprint density at radius 1 is 1.42 bits per heavy atom. The lowest BCUT2D eigenvalue weighted by Gasteiger charge is -2.21. The molecule has 1 aromatic carbocycles. The molecule has 1 saturated heterocycles. The van der Waals surface area contributed by atoms with E-state index in [9.17, 15) is 4.79 Å². The predicted octanol–water partition coefficient (Wildman–Crippen LogP) is 1.44. The Morgan fingerprint density at radius 3 is 2.74 bits per heavy atom. The topological polar surface area (TPSA) is 55.6 Å². The number of hydrogen-bond acceptors (Lipinski definition) is 3. The van der Waals surface area contributed by atoms with Crippen LogP contribution in [0, 0.1) is 0 Å². The third kappa shape index (κ3) is 3.78. The average molecular weight is 262 g/mol. The minimum absolute atomic E-state index is 0.0507. The highest BCUT2D eigenvalue weighted by molar-refractivity contribution is 5.94. The highest BCUT2D eigenvalue weighted by Crippen LogP contribution is 2.14. The van der Waals surface area contributed by atoms with E-state index in [-0.39, 0.29) is 12.0 Å². The minimum Gasteiger partial charge on any atom is -0.376 e. The van der Waals surface area contributed by atoms with Crippen LogP contribution in [0.3, 0.4) is 0 Å². The van der Waals surface area contributed by atoms with E-state index in [1.807, 2.05) is 31.3 Å². The Hall–Kier alpha value is -1.39. The average Bonchev–Trinajstić information content (AvgIpc) is 2.92. The summed E-state index contributed by atoms with van der Waals surface area (Å²) < 4.78 is 5.55. The molecule has 1 aliphatic rings. The highest BCUT2D eigenvalue weighted by Gasteiger charge is 2.20. The maximum atomic E-state index is 12.2. The van der Waals surface area contributed by atoms with E-state index in [2.05, 4.69) is 0 Å². The quantitative estimate of drug-likeness (QED) is 0.873. The summed E-state index contributed by atoms with van der Waals surface area (Å²) in [6.07, 6.45) is 3.19. The van der Waals surface area contributed by atoms with E-state index < -0.39 is 0 Å². The zero-order valence-electron chi connectivity index (χ0n) is 11.5. The van der Waals surface area contributed by atoms with Crippen LogP contribution in [0.25, 0.3) is 0 Å². The number of nitrogens with two attached hydrogens (primary N) is 1. The van der Waals surface area contributed by atoms with Crippen molar-refractivity contribution >= 4 is 5.91 Å². The summed E-state index contributed by atoms with van der Waals surface area (Å²) in [5.74, 6) is 0.0507. The summed E-state index contributed by atoms with van der Waals surface area (Å²) in [7, 11) is 1.83. The van der Waals surface area contributed by atoms with Crippen molar-refractivity contribution in [3.8, 4) is 0 Å². The van der Waals surface area contributed by atoms with E-state index in [1.54, 1.807) is 4.90 Å². The second kappa shape index (κ2) is 6.68. The molecule has 1 heterocycles. The van der Waals surface area contributed by atoms with Gasteiger partial charge in [-0.25, -0.2) is 0 Å². The summed E-state index contributed by atoms with van der Waals surface area (Å²) in [6, 6.07) is 7.69. The first kappa shape index (κ1) is 14.0. The SMILES string of the molecule is CN(CC1CCCO1)C(=O)c1ccc(CCN)cc1. The van der Waals surface area contributed by atoms with Crippen molar-refractivity contribution in [3.63, 3.8) is 0 Å². The molecule has 4 nitrogen and oxygen atoms in total. The highest BCUT2D eigenvalue weighted by atomic mass is 16.5. The van der Waals surface area contributed by atoms with Crippen molar-refractivity contribution in [2.75, 3.05) is 26.7 Å². The molecule has 0 radical (unpaired) electrons. The van der Waals surface area contributed by atoms with Gasteiger partial charge in [-0.05, 0) is 43.5 Å². The molecule has 2 rings (SSSR count). The van der Waals surface area contributed by atoms with Crippen molar-refractivity contribution in [1.29, 1.82) is 0 Å². The standard InChI is InChI=1S/C15H22N2O2/c1-17(11-14-3-2-10-19-14)15(18)13-6-4-12(5-7-13)8-9-16/h4-7,14H,2-3,8-11,16H2,1H3. The molecular weight excluding hydrogens is 240 g/mol. The van der Waals surface area contributed by atoms with Gasteiger partial charge in [0.05, 0.1) is 6.10 Å². The van der Waals surface area contributed by atoms with E-state index in [4.69, 9.17) is 10.5 Å². The molecule has 2 N–H and O–H groups in total. The number of amides is 1. The van der Waals surface area contributed by atoms with Gasteiger partial charge in [-0.1, -0.05) is 12.1 Å². The van der Waals surface area contributed by atoms with Gasteiger partial charge in [0.25, 0.3) is 5.91 Å². The van der Waals surface area contributed by atoms with Gasteiger partial charge in [0.1, 0.15) is 0 Å². The number of carbonyl (C=O) groups is 1. The molecular formula is C15H22N2O2. The molecule has 104 valence electrons. The van der Waals surface area contributed by atoms with Crippen LogP contribution in [0.1, 0.15) is 28.8 Å². The predicted molar refractivity (Wildman–Crippen MR) is 75.1 cm³/mol. The zero-order chi connectivity index (χ0) is 13.7. The second-order valence-corrected chi connectivity index (χ2v) is 5.06. The molecule has 1 aliphatic heterocycles. The number of likely N-dealkylation sites (N-methyl/N-ethyl adjacent to an activating group) is 1. The summed E-state index contributed by atoms with van der Waals surface area (Å²) >= 11 is 0. The van der Waals surface area contributed by atoms with Crippen molar-refractivity contribution in [1.82, 2.24) is 4.90 Å². The minimum atomic E-state index is 0.0507. The largest absolute Gasteiger partial charge is 0.376 e. The van der Waals surface area contributed by atoms with Crippen LogP contribution in [0.15, 0.2) is 24.3 Å². The Labute approximate surface area is 114 Å². The van der Waals surface area contributed by atoms with Gasteiger partial charge in [0, 0.05) is 25.8 Å². The number of ether oxygens (including phenoxy) is 1. The molecule has 0 aromatic heterocycles. The van der Waals surface area contributed by atoms with E-state index in [0.717, 1.165) is 31.4 Å². The molecule has 1 unspecified atom stereocenters. The first-order chi connectivity index (χ1) is 9.20. The van der Waals surface area contributed by atoms with Gasteiger partial charge >= 0.3 is 0 Å². The Bertz CT molecular complexity index is 411. The van der Waals surface area contributed by atoms with Gasteiger partial charge in [0.2, 0.25) is 0 Å². The van der Waals surface area contributed by atoms with E-state index >= 15 is 0 Å². The van der Waals surface area contributed by atoms with E-state index in [0.29, 0.717) is 13.1 Å². The monoisotopic (exact) mass is 262 g/mol. The smallest absolute Gasteiger partial charge is 0.253 e. The van der Waals surface area contributed by atoms with Crippen LogP contribution in [-0.2, 0) is 11.2 Å². The van der Waals surface area contributed by atoms with Gasteiger partial charge in [-0.15, -0.1) is 0 Å². The first-order valence-electron chi connectivity index (χ1n) is 6.87. The van der Waals surface area contributed by atoms with Crippen LogP contribution in [0.4, 0.5) is 0 Å². The maximum Gasteiger partial charge on any atom is 0.253 e.